The summed E-state index contributed by atoms with van der Waals surface area (Å²) in [5, 5.41) is 8.81. The number of hydrogen-bond acceptors (Lipinski definition) is 3. The normalized spacial score (nSPS) is 12.6. The number of nitriles is 1. The molecule has 0 atom stereocenters. The molecule has 0 aliphatic carbocycles. The molecule has 0 saturated heterocycles. The van der Waals surface area contributed by atoms with Gasteiger partial charge in [-0.15, -0.1) is 0 Å². The molecule has 2 heterocycles. The Morgan fingerprint density at radius 3 is 2.43 bits per heavy atom. The summed E-state index contributed by atoms with van der Waals surface area (Å²) in [7, 11) is 0. The van der Waals surface area contributed by atoms with Gasteiger partial charge in [0.2, 0.25) is 0 Å². The van der Waals surface area contributed by atoms with Gasteiger partial charge in [-0.25, -0.2) is 9.97 Å². The molecular weight excluding hydrogens is 295 g/mol. The molecule has 0 spiro atoms. The lowest BCUT2D eigenvalue weighted by Gasteiger charge is -2.19. The van der Waals surface area contributed by atoms with Crippen molar-refractivity contribution in [3.8, 4) is 6.07 Å². The highest BCUT2D eigenvalue weighted by Gasteiger charge is 2.56. The molecule has 0 aromatic carbocycles. The lowest BCUT2D eigenvalue weighted by atomic mass is 10.1. The molecule has 2 aromatic rings. The van der Waals surface area contributed by atoms with Gasteiger partial charge in [0, 0.05) is 18.8 Å². The summed E-state index contributed by atoms with van der Waals surface area (Å²) in [4.78, 5) is 7.79. The standard InChI is InChI=1S/C12H9F5N4/c1-7-5-21-6-8(4-18)20-9(10(21)19-7)2-3-11(13,14)12(15,16)17/h5-6H,2-3H2,1H3. The lowest BCUT2D eigenvalue weighted by molar-refractivity contribution is -0.284. The highest BCUT2D eigenvalue weighted by Crippen LogP contribution is 2.38. The Labute approximate surface area is 115 Å². The van der Waals surface area contributed by atoms with E-state index in [0.717, 1.165) is 0 Å². The molecule has 0 amide bonds. The van der Waals surface area contributed by atoms with Crippen LogP contribution in [0, 0.1) is 18.3 Å². The van der Waals surface area contributed by atoms with Gasteiger partial charge in [-0.3, -0.25) is 0 Å². The van der Waals surface area contributed by atoms with Crippen molar-refractivity contribution in [2.45, 2.75) is 31.9 Å². The topological polar surface area (TPSA) is 54.0 Å². The largest absolute Gasteiger partial charge is 0.453 e. The summed E-state index contributed by atoms with van der Waals surface area (Å²) >= 11 is 0. The fraction of sp³-hybridized carbons (Fsp3) is 0.417. The van der Waals surface area contributed by atoms with E-state index in [9.17, 15) is 22.0 Å². The highest BCUT2D eigenvalue weighted by molar-refractivity contribution is 5.47. The van der Waals surface area contributed by atoms with Gasteiger partial charge in [-0.1, -0.05) is 0 Å². The van der Waals surface area contributed by atoms with Crippen LogP contribution in [-0.2, 0) is 6.42 Å². The molecule has 0 unspecified atom stereocenters. The number of aryl methyl sites for hydroxylation is 2. The molecule has 2 rings (SSSR count). The predicted molar refractivity (Wildman–Crippen MR) is 61.8 cm³/mol. The Balaban J connectivity index is 2.36. The zero-order valence-electron chi connectivity index (χ0n) is 10.7. The van der Waals surface area contributed by atoms with E-state index in [-0.39, 0.29) is 17.0 Å². The third kappa shape index (κ3) is 2.94. The van der Waals surface area contributed by atoms with E-state index in [1.165, 1.54) is 16.8 Å². The minimum atomic E-state index is -5.61. The van der Waals surface area contributed by atoms with E-state index in [4.69, 9.17) is 5.26 Å². The molecule has 9 heteroatoms. The Kier molecular flexibility index (Phi) is 3.57. The van der Waals surface area contributed by atoms with Crippen LogP contribution in [0.4, 0.5) is 22.0 Å². The van der Waals surface area contributed by atoms with E-state index >= 15 is 0 Å². The second kappa shape index (κ2) is 4.95. The zero-order valence-corrected chi connectivity index (χ0v) is 10.7. The van der Waals surface area contributed by atoms with Gasteiger partial charge < -0.3 is 4.40 Å². The average Bonchev–Trinajstić information content (AvgIpc) is 2.74. The molecule has 0 saturated carbocycles. The lowest BCUT2D eigenvalue weighted by Crippen LogP contribution is -2.36. The molecule has 0 N–H and O–H groups in total. The number of alkyl halides is 5. The maximum atomic E-state index is 13.0. The Morgan fingerprint density at radius 1 is 1.19 bits per heavy atom. The SMILES string of the molecule is Cc1cn2cc(C#N)nc(CCC(F)(F)C(F)(F)F)c2n1. The van der Waals surface area contributed by atoms with Crippen LogP contribution in [0.5, 0.6) is 0 Å². The average molecular weight is 304 g/mol. The smallest absolute Gasteiger partial charge is 0.302 e. The number of nitrogens with zero attached hydrogens (tertiary/aromatic N) is 4. The van der Waals surface area contributed by atoms with Crippen LogP contribution < -0.4 is 0 Å². The monoisotopic (exact) mass is 304 g/mol. The number of hydrogen-bond donors (Lipinski definition) is 0. The quantitative estimate of drug-likeness (QED) is 0.819. The van der Waals surface area contributed by atoms with Crippen LogP contribution in [0.25, 0.3) is 5.65 Å². The molecule has 0 radical (unpaired) electrons. The van der Waals surface area contributed by atoms with Gasteiger partial charge in [0.1, 0.15) is 6.07 Å². The van der Waals surface area contributed by atoms with Crippen molar-refractivity contribution in [2.75, 3.05) is 0 Å². The first-order chi connectivity index (χ1) is 9.64. The Hall–Kier alpha value is -2.24. The van der Waals surface area contributed by atoms with Crippen molar-refractivity contribution in [3.05, 3.63) is 29.5 Å². The Bertz CT molecular complexity index is 711. The first-order valence-corrected chi connectivity index (χ1v) is 5.84. The number of fused-ring (bicyclic) bond motifs is 1. The van der Waals surface area contributed by atoms with Crippen molar-refractivity contribution in [1.82, 2.24) is 14.4 Å². The Morgan fingerprint density at radius 2 is 1.86 bits per heavy atom. The van der Waals surface area contributed by atoms with Crippen LogP contribution in [0.15, 0.2) is 12.4 Å². The molecule has 0 fully saturated rings. The van der Waals surface area contributed by atoms with E-state index in [1.54, 1.807) is 13.0 Å². The first-order valence-electron chi connectivity index (χ1n) is 5.84. The van der Waals surface area contributed by atoms with E-state index < -0.39 is 24.9 Å². The summed E-state index contributed by atoms with van der Waals surface area (Å²) in [5.74, 6) is -4.81. The van der Waals surface area contributed by atoms with Gasteiger partial charge in [0.15, 0.2) is 11.3 Å². The molecule has 2 aromatic heterocycles. The van der Waals surface area contributed by atoms with Gasteiger partial charge in [-0.05, 0) is 13.3 Å². The van der Waals surface area contributed by atoms with Crippen LogP contribution in [0.2, 0.25) is 0 Å². The first kappa shape index (κ1) is 15.2. The fourth-order valence-corrected chi connectivity index (χ4v) is 1.82. The molecular formula is C12H9F5N4. The summed E-state index contributed by atoms with van der Waals surface area (Å²) in [5.41, 5.74) is 0.566. The summed E-state index contributed by atoms with van der Waals surface area (Å²) < 4.78 is 63.8. The van der Waals surface area contributed by atoms with E-state index in [1.807, 2.05) is 0 Å². The second-order valence-electron chi connectivity index (χ2n) is 4.50. The third-order valence-electron chi connectivity index (χ3n) is 2.83. The third-order valence-corrected chi connectivity index (χ3v) is 2.83. The molecule has 21 heavy (non-hydrogen) atoms. The highest BCUT2D eigenvalue weighted by atomic mass is 19.4. The molecule has 0 bridgehead atoms. The van der Waals surface area contributed by atoms with Crippen molar-refractivity contribution in [2.24, 2.45) is 0 Å². The van der Waals surface area contributed by atoms with Gasteiger partial charge in [0.05, 0.1) is 11.4 Å². The van der Waals surface area contributed by atoms with Gasteiger partial charge in [-0.2, -0.15) is 27.2 Å². The van der Waals surface area contributed by atoms with Crippen molar-refractivity contribution in [1.29, 1.82) is 5.26 Å². The van der Waals surface area contributed by atoms with Gasteiger partial charge in [0.25, 0.3) is 0 Å². The fourth-order valence-electron chi connectivity index (χ4n) is 1.82. The minimum absolute atomic E-state index is 0.0638. The van der Waals surface area contributed by atoms with Crippen molar-refractivity contribution >= 4 is 5.65 Å². The maximum Gasteiger partial charge on any atom is 0.453 e. The summed E-state index contributed by atoms with van der Waals surface area (Å²) in [6, 6.07) is 1.73. The summed E-state index contributed by atoms with van der Waals surface area (Å²) in [6.07, 6.45) is -4.83. The maximum absolute atomic E-state index is 13.0. The number of imidazole rings is 1. The van der Waals surface area contributed by atoms with Crippen LogP contribution >= 0.6 is 0 Å². The minimum Gasteiger partial charge on any atom is -0.302 e. The number of aromatic nitrogens is 3. The number of rotatable bonds is 3. The van der Waals surface area contributed by atoms with Crippen LogP contribution in [0.3, 0.4) is 0 Å². The van der Waals surface area contributed by atoms with Crippen molar-refractivity contribution < 1.29 is 22.0 Å². The van der Waals surface area contributed by atoms with E-state index in [2.05, 4.69) is 9.97 Å². The second-order valence-corrected chi connectivity index (χ2v) is 4.50. The van der Waals surface area contributed by atoms with Gasteiger partial charge >= 0.3 is 12.1 Å². The molecule has 4 nitrogen and oxygen atoms in total. The summed E-state index contributed by atoms with van der Waals surface area (Å²) in [6.45, 7) is 1.63. The zero-order chi connectivity index (χ0) is 15.8. The molecule has 0 aliphatic rings. The van der Waals surface area contributed by atoms with Crippen molar-refractivity contribution in [3.63, 3.8) is 0 Å². The molecule has 112 valence electrons. The van der Waals surface area contributed by atoms with Crippen LogP contribution in [0.1, 0.15) is 23.5 Å². The van der Waals surface area contributed by atoms with Crippen LogP contribution in [-0.4, -0.2) is 26.5 Å². The molecule has 0 aliphatic heterocycles. The number of halogens is 5. The van der Waals surface area contributed by atoms with E-state index in [0.29, 0.717) is 5.69 Å². The predicted octanol–water partition coefficient (Wildman–Crippen LogP) is 3.04.